The van der Waals surface area contributed by atoms with E-state index in [1.807, 2.05) is 28.8 Å². The standard InChI is InChI=1S/C18H21N3O4S/c1-24-16-4-2-3-13-9-17(25-18(13)16)15-10-19-12-21(15)7-6-20-14-5-8-26(22,23)11-14/h2-4,9-10,12,14,20H,5-8,11H2,1H3. The van der Waals surface area contributed by atoms with Crippen molar-refractivity contribution in [2.24, 2.45) is 0 Å². The molecule has 0 saturated carbocycles. The molecular formula is C18H21N3O4S. The molecule has 0 spiro atoms. The number of nitrogens with zero attached hydrogens (tertiary/aromatic N) is 2. The molecule has 1 saturated heterocycles. The van der Waals surface area contributed by atoms with E-state index in [0.717, 1.165) is 16.8 Å². The Morgan fingerprint density at radius 1 is 1.42 bits per heavy atom. The lowest BCUT2D eigenvalue weighted by molar-refractivity contribution is 0.410. The van der Waals surface area contributed by atoms with Gasteiger partial charge in [0.1, 0.15) is 5.69 Å². The number of methoxy groups -OCH3 is 1. The monoisotopic (exact) mass is 375 g/mol. The van der Waals surface area contributed by atoms with Crippen molar-refractivity contribution < 1.29 is 17.6 Å². The van der Waals surface area contributed by atoms with Crippen LogP contribution in [-0.4, -0.2) is 49.2 Å². The Morgan fingerprint density at radius 2 is 2.31 bits per heavy atom. The quantitative estimate of drug-likeness (QED) is 0.710. The molecule has 4 rings (SSSR count). The number of benzene rings is 1. The minimum atomic E-state index is -2.86. The zero-order valence-corrected chi connectivity index (χ0v) is 15.3. The number of hydrogen-bond donors (Lipinski definition) is 1. The van der Waals surface area contributed by atoms with Crippen LogP contribution in [0.2, 0.25) is 0 Å². The summed E-state index contributed by atoms with van der Waals surface area (Å²) < 4.78 is 36.4. The van der Waals surface area contributed by atoms with Crippen LogP contribution in [0, 0.1) is 0 Å². The van der Waals surface area contributed by atoms with Crippen LogP contribution in [0.4, 0.5) is 0 Å². The van der Waals surface area contributed by atoms with Crippen molar-refractivity contribution in [1.29, 1.82) is 0 Å². The van der Waals surface area contributed by atoms with Crippen molar-refractivity contribution in [2.75, 3.05) is 25.2 Å². The molecule has 1 fully saturated rings. The number of fused-ring (bicyclic) bond motifs is 1. The topological polar surface area (TPSA) is 86.4 Å². The molecule has 8 heteroatoms. The van der Waals surface area contributed by atoms with E-state index in [1.54, 1.807) is 19.6 Å². The number of hydrogen-bond acceptors (Lipinski definition) is 6. The van der Waals surface area contributed by atoms with Gasteiger partial charge in [-0.3, -0.25) is 0 Å². The van der Waals surface area contributed by atoms with Crippen molar-refractivity contribution in [2.45, 2.75) is 19.0 Å². The summed E-state index contributed by atoms with van der Waals surface area (Å²) in [7, 11) is -1.24. The first-order valence-corrected chi connectivity index (χ1v) is 10.4. The molecule has 1 aromatic carbocycles. The highest BCUT2D eigenvalue weighted by molar-refractivity contribution is 7.91. The third-order valence-electron chi connectivity index (χ3n) is 4.71. The van der Waals surface area contributed by atoms with Gasteiger partial charge in [0.2, 0.25) is 0 Å². The number of imidazole rings is 1. The molecule has 0 aliphatic carbocycles. The fourth-order valence-electron chi connectivity index (χ4n) is 3.37. The van der Waals surface area contributed by atoms with Gasteiger partial charge in [0, 0.05) is 24.5 Å². The summed E-state index contributed by atoms with van der Waals surface area (Å²) in [5.74, 6) is 1.93. The average Bonchev–Trinajstić information content (AvgIpc) is 3.32. The van der Waals surface area contributed by atoms with Crippen LogP contribution in [0.5, 0.6) is 5.75 Å². The van der Waals surface area contributed by atoms with Crippen LogP contribution in [0.25, 0.3) is 22.4 Å². The van der Waals surface area contributed by atoms with Gasteiger partial charge >= 0.3 is 0 Å². The third-order valence-corrected chi connectivity index (χ3v) is 6.48. The summed E-state index contributed by atoms with van der Waals surface area (Å²) in [5, 5.41) is 4.29. The molecule has 2 aromatic heterocycles. The van der Waals surface area contributed by atoms with Gasteiger partial charge in [0.15, 0.2) is 26.9 Å². The zero-order valence-electron chi connectivity index (χ0n) is 14.5. The van der Waals surface area contributed by atoms with Crippen LogP contribution >= 0.6 is 0 Å². The second-order valence-corrected chi connectivity index (χ2v) is 8.74. The first-order chi connectivity index (χ1) is 12.6. The summed E-state index contributed by atoms with van der Waals surface area (Å²) in [5.41, 5.74) is 1.59. The third kappa shape index (κ3) is 3.34. The van der Waals surface area contributed by atoms with E-state index >= 15 is 0 Å². The Balaban J connectivity index is 1.49. The van der Waals surface area contributed by atoms with Gasteiger partial charge in [-0.2, -0.15) is 0 Å². The lowest BCUT2D eigenvalue weighted by Gasteiger charge is -2.12. The molecule has 3 aromatic rings. The fourth-order valence-corrected chi connectivity index (χ4v) is 5.08. The predicted molar refractivity (Wildman–Crippen MR) is 99.0 cm³/mol. The molecule has 3 heterocycles. The smallest absolute Gasteiger partial charge is 0.176 e. The van der Waals surface area contributed by atoms with Crippen LogP contribution in [0.1, 0.15) is 6.42 Å². The van der Waals surface area contributed by atoms with Crippen LogP contribution in [-0.2, 0) is 16.4 Å². The van der Waals surface area contributed by atoms with Gasteiger partial charge in [-0.05, 0) is 18.6 Å². The minimum absolute atomic E-state index is 0.0439. The zero-order chi connectivity index (χ0) is 18.1. The Bertz CT molecular complexity index is 1020. The van der Waals surface area contributed by atoms with Crippen LogP contribution < -0.4 is 10.1 Å². The van der Waals surface area contributed by atoms with Crippen molar-refractivity contribution in [3.05, 3.63) is 36.8 Å². The lowest BCUT2D eigenvalue weighted by Crippen LogP contribution is -2.32. The van der Waals surface area contributed by atoms with E-state index in [1.165, 1.54) is 0 Å². The molecule has 1 atom stereocenters. The second-order valence-electron chi connectivity index (χ2n) is 6.52. The highest BCUT2D eigenvalue weighted by Crippen LogP contribution is 2.33. The van der Waals surface area contributed by atoms with Crippen molar-refractivity contribution in [1.82, 2.24) is 14.9 Å². The fraction of sp³-hybridized carbons (Fsp3) is 0.389. The molecule has 1 N–H and O–H groups in total. The largest absolute Gasteiger partial charge is 0.493 e. The van der Waals surface area contributed by atoms with Gasteiger partial charge in [-0.25, -0.2) is 13.4 Å². The van der Waals surface area contributed by atoms with E-state index in [9.17, 15) is 8.42 Å². The number of nitrogens with one attached hydrogen (secondary N) is 1. The highest BCUT2D eigenvalue weighted by Gasteiger charge is 2.27. The maximum Gasteiger partial charge on any atom is 0.176 e. The van der Waals surface area contributed by atoms with E-state index in [2.05, 4.69) is 10.3 Å². The summed E-state index contributed by atoms with van der Waals surface area (Å²) in [6.07, 6.45) is 4.21. The highest BCUT2D eigenvalue weighted by atomic mass is 32.2. The molecule has 0 radical (unpaired) electrons. The summed E-state index contributed by atoms with van der Waals surface area (Å²) in [6.45, 7) is 1.35. The molecule has 1 aliphatic rings. The Hall–Kier alpha value is -2.32. The van der Waals surface area contributed by atoms with Crippen LogP contribution in [0.3, 0.4) is 0 Å². The molecule has 0 bridgehead atoms. The van der Waals surface area contributed by atoms with E-state index in [-0.39, 0.29) is 17.5 Å². The number of rotatable bonds is 6. The number of aromatic nitrogens is 2. The van der Waals surface area contributed by atoms with Gasteiger partial charge < -0.3 is 19.0 Å². The molecule has 7 nitrogen and oxygen atoms in total. The average molecular weight is 375 g/mol. The molecule has 26 heavy (non-hydrogen) atoms. The molecular weight excluding hydrogens is 354 g/mol. The van der Waals surface area contributed by atoms with E-state index < -0.39 is 9.84 Å². The maximum atomic E-state index is 11.5. The predicted octanol–water partition coefficient (Wildman–Crippen LogP) is 2.08. The summed E-state index contributed by atoms with van der Waals surface area (Å²) in [4.78, 5) is 4.23. The second kappa shape index (κ2) is 6.77. The minimum Gasteiger partial charge on any atom is -0.493 e. The summed E-state index contributed by atoms with van der Waals surface area (Å²) in [6, 6.07) is 7.79. The van der Waals surface area contributed by atoms with Gasteiger partial charge in [-0.15, -0.1) is 0 Å². The Morgan fingerprint density at radius 3 is 3.08 bits per heavy atom. The molecule has 1 unspecified atom stereocenters. The SMILES string of the molecule is COc1cccc2cc(-c3cncn3CCNC3CCS(=O)(=O)C3)oc12. The Kier molecular flexibility index (Phi) is 4.46. The first-order valence-electron chi connectivity index (χ1n) is 8.56. The van der Waals surface area contributed by atoms with Crippen LogP contribution in [0.15, 0.2) is 41.2 Å². The Labute approximate surface area is 151 Å². The summed E-state index contributed by atoms with van der Waals surface area (Å²) >= 11 is 0. The van der Waals surface area contributed by atoms with Gasteiger partial charge in [-0.1, -0.05) is 12.1 Å². The van der Waals surface area contributed by atoms with E-state index in [4.69, 9.17) is 9.15 Å². The number of sulfone groups is 1. The first kappa shape index (κ1) is 17.1. The normalized spacial score (nSPS) is 19.2. The number of ether oxygens (including phenoxy) is 1. The van der Waals surface area contributed by atoms with Gasteiger partial charge in [0.05, 0.1) is 31.1 Å². The lowest BCUT2D eigenvalue weighted by atomic mass is 10.2. The van der Waals surface area contributed by atoms with E-state index in [0.29, 0.717) is 30.8 Å². The van der Waals surface area contributed by atoms with Crippen molar-refractivity contribution in [3.63, 3.8) is 0 Å². The maximum absolute atomic E-state index is 11.5. The molecule has 1 aliphatic heterocycles. The molecule has 138 valence electrons. The van der Waals surface area contributed by atoms with Crippen molar-refractivity contribution in [3.8, 4) is 17.2 Å². The van der Waals surface area contributed by atoms with Gasteiger partial charge in [0.25, 0.3) is 0 Å². The number of para-hydroxylation sites is 1. The molecule has 0 amide bonds. The van der Waals surface area contributed by atoms with Crippen molar-refractivity contribution >= 4 is 20.8 Å². The number of furan rings is 1.